The van der Waals surface area contributed by atoms with E-state index in [9.17, 15) is 4.79 Å². The summed E-state index contributed by atoms with van der Waals surface area (Å²) in [5.41, 5.74) is 1.35. The van der Waals surface area contributed by atoms with Gasteiger partial charge in [-0.3, -0.25) is 4.79 Å². The maximum absolute atomic E-state index is 11.9. The van der Waals surface area contributed by atoms with Crippen LogP contribution < -0.4 is 0 Å². The molecule has 0 saturated carbocycles. The van der Waals surface area contributed by atoms with E-state index in [-0.39, 0.29) is 5.91 Å². The summed E-state index contributed by atoms with van der Waals surface area (Å²) in [6.07, 6.45) is 4.66. The molecule has 1 amide bonds. The van der Waals surface area contributed by atoms with Crippen molar-refractivity contribution in [3.8, 4) is 0 Å². The van der Waals surface area contributed by atoms with Gasteiger partial charge in [-0.2, -0.15) is 0 Å². The largest absolute Gasteiger partial charge is 0.459 e. The van der Waals surface area contributed by atoms with E-state index in [1.807, 2.05) is 13.1 Å². The summed E-state index contributed by atoms with van der Waals surface area (Å²) in [6.45, 7) is 0.756. The molecule has 3 nitrogen and oxygen atoms in total. The van der Waals surface area contributed by atoms with E-state index < -0.39 is 0 Å². The Kier molecular flexibility index (Phi) is 4.78. The van der Waals surface area contributed by atoms with Gasteiger partial charge in [0.1, 0.15) is 0 Å². The number of hydrogen-bond acceptors (Lipinski definition) is 2. The molecule has 1 aromatic carbocycles. The smallest absolute Gasteiger partial charge is 0.289 e. The Morgan fingerprint density at radius 2 is 1.89 bits per heavy atom. The SMILES string of the molecule is CN(CCCCc1ccccc1)C(=O)c1ccco1. The van der Waals surface area contributed by atoms with Crippen molar-refractivity contribution in [1.29, 1.82) is 0 Å². The van der Waals surface area contributed by atoms with Crippen LogP contribution in [0.2, 0.25) is 0 Å². The Balaban J connectivity index is 1.70. The second kappa shape index (κ2) is 6.78. The molecule has 0 N–H and O–H groups in total. The van der Waals surface area contributed by atoms with Crippen LogP contribution in [-0.4, -0.2) is 24.4 Å². The van der Waals surface area contributed by atoms with Gasteiger partial charge in [-0.05, 0) is 37.0 Å². The minimum absolute atomic E-state index is 0.0512. The molecule has 2 rings (SSSR count). The molecule has 100 valence electrons. The van der Waals surface area contributed by atoms with Crippen molar-refractivity contribution in [2.75, 3.05) is 13.6 Å². The molecule has 0 fully saturated rings. The van der Waals surface area contributed by atoms with Gasteiger partial charge in [0.25, 0.3) is 5.91 Å². The highest BCUT2D eigenvalue weighted by Gasteiger charge is 2.13. The molecule has 0 aliphatic rings. The fourth-order valence-corrected chi connectivity index (χ4v) is 2.01. The first-order valence-electron chi connectivity index (χ1n) is 6.60. The van der Waals surface area contributed by atoms with Crippen LogP contribution in [0.15, 0.2) is 53.1 Å². The Bertz CT molecular complexity index is 491. The lowest BCUT2D eigenvalue weighted by molar-refractivity contribution is 0.0761. The van der Waals surface area contributed by atoms with Gasteiger partial charge >= 0.3 is 0 Å². The molecule has 3 heteroatoms. The number of benzene rings is 1. The molecule has 0 atom stereocenters. The maximum atomic E-state index is 11.9. The van der Waals surface area contributed by atoms with Gasteiger partial charge < -0.3 is 9.32 Å². The van der Waals surface area contributed by atoms with Crippen LogP contribution >= 0.6 is 0 Å². The third-order valence-electron chi connectivity index (χ3n) is 3.13. The number of rotatable bonds is 6. The van der Waals surface area contributed by atoms with E-state index >= 15 is 0 Å². The van der Waals surface area contributed by atoms with E-state index in [0.717, 1.165) is 25.8 Å². The molecule has 19 heavy (non-hydrogen) atoms. The molecule has 0 saturated heterocycles. The Labute approximate surface area is 113 Å². The monoisotopic (exact) mass is 257 g/mol. The van der Waals surface area contributed by atoms with Crippen LogP contribution in [0.1, 0.15) is 29.0 Å². The highest BCUT2D eigenvalue weighted by Crippen LogP contribution is 2.07. The second-order valence-corrected chi connectivity index (χ2v) is 4.65. The van der Waals surface area contributed by atoms with E-state index in [1.54, 1.807) is 17.0 Å². The number of nitrogens with zero attached hydrogens (tertiary/aromatic N) is 1. The molecule has 2 aromatic rings. The van der Waals surface area contributed by atoms with Crippen molar-refractivity contribution in [2.24, 2.45) is 0 Å². The predicted octanol–water partition coefficient (Wildman–Crippen LogP) is 3.37. The quantitative estimate of drug-likeness (QED) is 0.743. The van der Waals surface area contributed by atoms with E-state index in [0.29, 0.717) is 5.76 Å². The van der Waals surface area contributed by atoms with Crippen LogP contribution in [0.4, 0.5) is 0 Å². The van der Waals surface area contributed by atoms with Crippen molar-refractivity contribution in [3.05, 3.63) is 60.1 Å². The predicted molar refractivity (Wildman–Crippen MR) is 75.0 cm³/mol. The Morgan fingerprint density at radius 3 is 2.58 bits per heavy atom. The van der Waals surface area contributed by atoms with Gasteiger partial charge in [-0.15, -0.1) is 0 Å². The summed E-state index contributed by atoms with van der Waals surface area (Å²) < 4.78 is 5.10. The first-order chi connectivity index (χ1) is 9.27. The summed E-state index contributed by atoms with van der Waals surface area (Å²) in [5.74, 6) is 0.357. The third-order valence-corrected chi connectivity index (χ3v) is 3.13. The number of unbranched alkanes of at least 4 members (excludes halogenated alkanes) is 1. The lowest BCUT2D eigenvalue weighted by Gasteiger charge is -2.15. The van der Waals surface area contributed by atoms with Gasteiger partial charge in [-0.1, -0.05) is 30.3 Å². The second-order valence-electron chi connectivity index (χ2n) is 4.65. The topological polar surface area (TPSA) is 33.5 Å². The normalized spacial score (nSPS) is 10.4. The Morgan fingerprint density at radius 1 is 1.11 bits per heavy atom. The standard InChI is InChI=1S/C16H19NO2/c1-17(16(18)15-11-7-13-19-15)12-6-5-10-14-8-3-2-4-9-14/h2-4,7-9,11,13H,5-6,10,12H2,1H3. The van der Waals surface area contributed by atoms with Gasteiger partial charge in [0.15, 0.2) is 5.76 Å². The van der Waals surface area contributed by atoms with Crippen molar-refractivity contribution < 1.29 is 9.21 Å². The van der Waals surface area contributed by atoms with Crippen LogP contribution in [0.25, 0.3) is 0 Å². The van der Waals surface area contributed by atoms with E-state index in [4.69, 9.17) is 4.42 Å². The zero-order valence-corrected chi connectivity index (χ0v) is 11.2. The van der Waals surface area contributed by atoms with Crippen molar-refractivity contribution in [2.45, 2.75) is 19.3 Å². The highest BCUT2D eigenvalue weighted by molar-refractivity contribution is 5.91. The number of amides is 1. The lowest BCUT2D eigenvalue weighted by Crippen LogP contribution is -2.27. The maximum Gasteiger partial charge on any atom is 0.289 e. The van der Waals surface area contributed by atoms with Crippen LogP contribution in [-0.2, 0) is 6.42 Å². The van der Waals surface area contributed by atoms with Gasteiger partial charge in [0.2, 0.25) is 0 Å². The summed E-state index contributed by atoms with van der Waals surface area (Å²) >= 11 is 0. The number of hydrogen-bond donors (Lipinski definition) is 0. The zero-order chi connectivity index (χ0) is 13.5. The van der Waals surface area contributed by atoms with Crippen molar-refractivity contribution in [1.82, 2.24) is 4.90 Å². The first kappa shape index (κ1) is 13.4. The van der Waals surface area contributed by atoms with Gasteiger partial charge in [-0.25, -0.2) is 0 Å². The minimum atomic E-state index is -0.0512. The molecular weight excluding hydrogens is 238 g/mol. The van der Waals surface area contributed by atoms with Gasteiger partial charge in [0.05, 0.1) is 6.26 Å². The van der Waals surface area contributed by atoms with Crippen molar-refractivity contribution >= 4 is 5.91 Å². The van der Waals surface area contributed by atoms with E-state index in [1.165, 1.54) is 11.8 Å². The van der Waals surface area contributed by atoms with Crippen molar-refractivity contribution in [3.63, 3.8) is 0 Å². The molecule has 0 aliphatic heterocycles. The summed E-state index contributed by atoms with van der Waals surface area (Å²) in [7, 11) is 1.81. The third kappa shape index (κ3) is 3.98. The zero-order valence-electron chi connectivity index (χ0n) is 11.2. The van der Waals surface area contributed by atoms with Crippen LogP contribution in [0.5, 0.6) is 0 Å². The number of carbonyl (C=O) groups is 1. The number of aryl methyl sites for hydroxylation is 1. The van der Waals surface area contributed by atoms with Crippen LogP contribution in [0.3, 0.4) is 0 Å². The molecule has 1 aromatic heterocycles. The average molecular weight is 257 g/mol. The van der Waals surface area contributed by atoms with Crippen LogP contribution in [0, 0.1) is 0 Å². The summed E-state index contributed by atoms with van der Waals surface area (Å²) in [4.78, 5) is 13.6. The minimum Gasteiger partial charge on any atom is -0.459 e. The Hall–Kier alpha value is -2.03. The lowest BCUT2D eigenvalue weighted by atomic mass is 10.1. The van der Waals surface area contributed by atoms with Gasteiger partial charge in [0, 0.05) is 13.6 Å². The van der Waals surface area contributed by atoms with E-state index in [2.05, 4.69) is 24.3 Å². The molecule has 0 aliphatic carbocycles. The first-order valence-corrected chi connectivity index (χ1v) is 6.60. The molecule has 0 bridgehead atoms. The summed E-state index contributed by atoms with van der Waals surface area (Å²) in [6, 6.07) is 13.8. The molecule has 0 spiro atoms. The molecular formula is C16H19NO2. The molecule has 0 radical (unpaired) electrons. The summed E-state index contributed by atoms with van der Waals surface area (Å²) in [5, 5.41) is 0. The molecule has 1 heterocycles. The number of carbonyl (C=O) groups excluding carboxylic acids is 1. The number of furan rings is 1. The fraction of sp³-hybridized carbons (Fsp3) is 0.312. The average Bonchev–Trinajstić information content (AvgIpc) is 2.98. The highest BCUT2D eigenvalue weighted by atomic mass is 16.3. The molecule has 0 unspecified atom stereocenters. The fourth-order valence-electron chi connectivity index (χ4n) is 2.01.